The second-order valence-corrected chi connectivity index (χ2v) is 6.68. The van der Waals surface area contributed by atoms with E-state index in [1.165, 1.54) is 11.8 Å². The van der Waals surface area contributed by atoms with Gasteiger partial charge in [-0.2, -0.15) is 0 Å². The summed E-state index contributed by atoms with van der Waals surface area (Å²) in [5, 5.41) is 7.44. The van der Waals surface area contributed by atoms with Gasteiger partial charge in [-0.05, 0) is 32.1 Å². The molecule has 104 valence electrons. The van der Waals surface area contributed by atoms with E-state index in [-0.39, 0.29) is 17.0 Å². The number of carbonyl (C=O) groups is 1. The molecule has 19 heavy (non-hydrogen) atoms. The zero-order valence-corrected chi connectivity index (χ0v) is 11.3. The van der Waals surface area contributed by atoms with E-state index in [4.69, 9.17) is 11.5 Å². The van der Waals surface area contributed by atoms with Crippen LogP contribution in [-0.2, 0) is 4.79 Å². The Labute approximate surface area is 114 Å². The van der Waals surface area contributed by atoms with Gasteiger partial charge < -0.3 is 11.5 Å². The summed E-state index contributed by atoms with van der Waals surface area (Å²) in [6.45, 7) is 0. The molecule has 0 aromatic carbocycles. The molecule has 0 bridgehead atoms. The van der Waals surface area contributed by atoms with Gasteiger partial charge in [0.2, 0.25) is 5.91 Å². The van der Waals surface area contributed by atoms with Crippen LogP contribution in [-0.4, -0.2) is 31.5 Å². The van der Waals surface area contributed by atoms with Gasteiger partial charge in [0.15, 0.2) is 5.16 Å². The lowest BCUT2D eigenvalue weighted by atomic mass is 9.99. The lowest BCUT2D eigenvalue weighted by molar-refractivity contribution is -0.122. The molecule has 2 saturated carbocycles. The Morgan fingerprint density at radius 2 is 2.21 bits per heavy atom. The number of primary amides is 1. The molecular formula is C11H17N5O2S. The van der Waals surface area contributed by atoms with E-state index in [9.17, 15) is 9.59 Å². The first-order chi connectivity index (χ1) is 8.99. The van der Waals surface area contributed by atoms with Gasteiger partial charge in [-0.3, -0.25) is 9.36 Å². The van der Waals surface area contributed by atoms with Gasteiger partial charge in [0.1, 0.15) is 0 Å². The first-order valence-corrected chi connectivity index (χ1v) is 7.30. The Hall–Kier alpha value is -1.28. The second kappa shape index (κ2) is 4.38. The Balaban J connectivity index is 1.73. The summed E-state index contributed by atoms with van der Waals surface area (Å²) >= 11 is 1.52. The van der Waals surface area contributed by atoms with Crippen LogP contribution in [0.1, 0.15) is 38.1 Å². The minimum Gasteiger partial charge on any atom is -0.368 e. The number of aromatic amines is 1. The fourth-order valence-electron chi connectivity index (χ4n) is 2.53. The summed E-state index contributed by atoms with van der Waals surface area (Å²) in [5.74, 6) is -0.447. The molecule has 1 aromatic heterocycles. The van der Waals surface area contributed by atoms with Gasteiger partial charge in [0.25, 0.3) is 0 Å². The van der Waals surface area contributed by atoms with Crippen LogP contribution in [0.15, 0.2) is 9.95 Å². The number of rotatable bonds is 4. The van der Waals surface area contributed by atoms with Crippen LogP contribution >= 0.6 is 11.8 Å². The Kier molecular flexibility index (Phi) is 2.94. The number of hydrogen-bond donors (Lipinski definition) is 3. The fourth-order valence-corrected chi connectivity index (χ4v) is 3.89. The van der Waals surface area contributed by atoms with E-state index in [1.54, 1.807) is 4.57 Å². The zero-order valence-electron chi connectivity index (χ0n) is 10.5. The van der Waals surface area contributed by atoms with Crippen LogP contribution in [0.4, 0.5) is 0 Å². The number of aromatic nitrogens is 3. The molecule has 2 aliphatic rings. The molecule has 0 spiro atoms. The molecule has 2 fully saturated rings. The molecule has 2 unspecified atom stereocenters. The predicted octanol–water partition coefficient (Wildman–Crippen LogP) is -0.266. The van der Waals surface area contributed by atoms with Crippen molar-refractivity contribution in [2.45, 2.75) is 54.1 Å². The number of H-pyrrole nitrogens is 1. The molecule has 2 aliphatic carbocycles. The van der Waals surface area contributed by atoms with Crippen molar-refractivity contribution < 1.29 is 4.79 Å². The van der Waals surface area contributed by atoms with Crippen LogP contribution in [0.25, 0.3) is 0 Å². The molecular weight excluding hydrogens is 266 g/mol. The molecule has 8 heteroatoms. The number of amides is 1. The molecule has 1 aromatic rings. The Bertz CT molecular complexity index is 564. The van der Waals surface area contributed by atoms with Crippen LogP contribution < -0.4 is 17.2 Å². The third-order valence-corrected chi connectivity index (χ3v) is 5.09. The van der Waals surface area contributed by atoms with Gasteiger partial charge in [0, 0.05) is 11.3 Å². The van der Waals surface area contributed by atoms with E-state index in [0.29, 0.717) is 18.0 Å². The van der Waals surface area contributed by atoms with Crippen molar-refractivity contribution in [3.8, 4) is 0 Å². The Morgan fingerprint density at radius 1 is 1.47 bits per heavy atom. The predicted molar refractivity (Wildman–Crippen MR) is 70.7 cm³/mol. The van der Waals surface area contributed by atoms with E-state index in [0.717, 1.165) is 19.3 Å². The number of nitrogens with zero attached hydrogens (tertiary/aromatic N) is 2. The maximum atomic E-state index is 11.7. The van der Waals surface area contributed by atoms with Crippen LogP contribution in [0.5, 0.6) is 0 Å². The van der Waals surface area contributed by atoms with Gasteiger partial charge in [-0.25, -0.2) is 9.89 Å². The third kappa shape index (κ3) is 2.30. The average Bonchev–Trinajstić information content (AvgIpc) is 3.02. The highest BCUT2D eigenvalue weighted by Crippen LogP contribution is 2.41. The lowest BCUT2D eigenvalue weighted by Gasteiger charge is -2.19. The van der Waals surface area contributed by atoms with Crippen LogP contribution in [0.3, 0.4) is 0 Å². The molecule has 7 nitrogen and oxygen atoms in total. The molecule has 3 rings (SSSR count). The van der Waals surface area contributed by atoms with Gasteiger partial charge >= 0.3 is 5.69 Å². The number of nitrogens with two attached hydrogens (primary N) is 2. The first kappa shape index (κ1) is 12.7. The number of thioether (sulfide) groups is 1. The largest absolute Gasteiger partial charge is 0.368 e. The summed E-state index contributed by atoms with van der Waals surface area (Å²) in [5.41, 5.74) is 10.2. The maximum absolute atomic E-state index is 11.7. The molecule has 0 aliphatic heterocycles. The highest BCUT2D eigenvalue weighted by molar-refractivity contribution is 7.99. The third-order valence-electron chi connectivity index (χ3n) is 3.85. The van der Waals surface area contributed by atoms with E-state index >= 15 is 0 Å². The second-order valence-electron chi connectivity index (χ2n) is 5.42. The van der Waals surface area contributed by atoms with Crippen molar-refractivity contribution in [3.63, 3.8) is 0 Å². The zero-order chi connectivity index (χ0) is 13.6. The smallest absolute Gasteiger partial charge is 0.344 e. The van der Waals surface area contributed by atoms with Crippen LogP contribution in [0, 0.1) is 0 Å². The summed E-state index contributed by atoms with van der Waals surface area (Å²) in [6.07, 6.45) is 4.01. The van der Waals surface area contributed by atoms with Crippen molar-refractivity contribution in [2.75, 3.05) is 0 Å². The first-order valence-electron chi connectivity index (χ1n) is 6.42. The van der Waals surface area contributed by atoms with E-state index in [1.807, 2.05) is 0 Å². The molecule has 0 radical (unpaired) electrons. The number of carbonyl (C=O) groups excluding carboxylic acids is 1. The average molecular weight is 283 g/mol. The van der Waals surface area contributed by atoms with Crippen LogP contribution in [0.2, 0.25) is 0 Å². The minimum absolute atomic E-state index is 0.156. The van der Waals surface area contributed by atoms with Gasteiger partial charge in [-0.15, -0.1) is 5.10 Å². The molecule has 2 atom stereocenters. The van der Waals surface area contributed by atoms with Gasteiger partial charge in [0.05, 0.1) is 5.54 Å². The molecule has 5 N–H and O–H groups in total. The van der Waals surface area contributed by atoms with E-state index < -0.39 is 11.4 Å². The SMILES string of the molecule is NC(=O)C1(N)CCC(Sc2n[nH]c(=O)n2C2CC2)C1. The van der Waals surface area contributed by atoms with Crippen molar-refractivity contribution in [1.82, 2.24) is 14.8 Å². The molecule has 1 heterocycles. The lowest BCUT2D eigenvalue weighted by Crippen LogP contribution is -2.50. The van der Waals surface area contributed by atoms with Crippen molar-refractivity contribution in [1.29, 1.82) is 0 Å². The Morgan fingerprint density at radius 3 is 2.79 bits per heavy atom. The van der Waals surface area contributed by atoms with Crippen molar-refractivity contribution in [2.24, 2.45) is 11.5 Å². The molecule has 0 saturated heterocycles. The number of nitrogens with one attached hydrogen (secondary N) is 1. The fraction of sp³-hybridized carbons (Fsp3) is 0.727. The summed E-state index contributed by atoms with van der Waals surface area (Å²) in [4.78, 5) is 23.0. The van der Waals surface area contributed by atoms with Gasteiger partial charge in [-0.1, -0.05) is 11.8 Å². The monoisotopic (exact) mass is 283 g/mol. The summed E-state index contributed by atoms with van der Waals surface area (Å²) in [6, 6.07) is 0.286. The minimum atomic E-state index is -0.904. The summed E-state index contributed by atoms with van der Waals surface area (Å²) < 4.78 is 1.71. The quantitative estimate of drug-likeness (QED) is 0.703. The standard InChI is InChI=1S/C11H17N5O2S/c12-8(17)11(13)4-3-7(5-11)19-10-15-14-9(18)16(10)6-1-2-6/h6-7H,1-5,13H2,(H2,12,17)(H,14,18). The summed E-state index contributed by atoms with van der Waals surface area (Å²) in [7, 11) is 0. The van der Waals surface area contributed by atoms with E-state index in [2.05, 4.69) is 10.2 Å². The van der Waals surface area contributed by atoms with Crippen molar-refractivity contribution >= 4 is 17.7 Å². The molecule has 1 amide bonds. The maximum Gasteiger partial charge on any atom is 0.344 e. The van der Waals surface area contributed by atoms with Crippen molar-refractivity contribution in [3.05, 3.63) is 10.5 Å². The highest BCUT2D eigenvalue weighted by Gasteiger charge is 2.42. The number of hydrogen-bond acceptors (Lipinski definition) is 5. The normalized spacial score (nSPS) is 30.7. The topological polar surface area (TPSA) is 120 Å². The highest BCUT2D eigenvalue weighted by atomic mass is 32.2.